The second-order valence-corrected chi connectivity index (χ2v) is 7.53. The number of hydrogen-bond donors (Lipinski definition) is 2. The molecule has 0 aromatic heterocycles. The molecular weight excluding hydrogens is 363 g/mol. The predicted octanol–water partition coefficient (Wildman–Crippen LogP) is 0.570. The van der Waals surface area contributed by atoms with Gasteiger partial charge in [-0.3, -0.25) is 14.6 Å². The van der Waals surface area contributed by atoms with Gasteiger partial charge in [0.15, 0.2) is 0 Å². The average molecular weight is 397 g/mol. The highest BCUT2D eigenvalue weighted by Gasteiger charge is 2.33. The molecule has 3 aliphatic heterocycles. The molecule has 3 saturated heterocycles. The van der Waals surface area contributed by atoms with E-state index in [4.69, 9.17) is 0 Å². The highest BCUT2D eigenvalue weighted by atomic mass is 35.5. The molecule has 8 heteroatoms. The van der Waals surface area contributed by atoms with Gasteiger partial charge in [-0.05, 0) is 33.1 Å². The number of rotatable bonds is 4. The molecule has 1 amide bonds. The molecule has 0 aliphatic carbocycles. The molecule has 3 aliphatic rings. The first-order chi connectivity index (χ1) is 11.0. The summed E-state index contributed by atoms with van der Waals surface area (Å²) in [7, 11) is 0. The third kappa shape index (κ3) is 5.68. The molecule has 6 nitrogen and oxygen atoms in total. The Hall–Kier alpha value is -0.110. The number of likely N-dealkylation sites (tertiary alicyclic amines) is 1. The van der Waals surface area contributed by atoms with E-state index in [1.165, 1.54) is 12.8 Å². The van der Waals surface area contributed by atoms with Crippen molar-refractivity contribution in [3.8, 4) is 0 Å². The third-order valence-electron chi connectivity index (χ3n) is 5.90. The molecule has 0 bridgehead atoms. The largest absolute Gasteiger partial charge is 0.392 e. The van der Waals surface area contributed by atoms with E-state index in [0.29, 0.717) is 25.0 Å². The molecule has 3 heterocycles. The van der Waals surface area contributed by atoms with Gasteiger partial charge in [0.05, 0.1) is 12.1 Å². The Morgan fingerprint density at radius 3 is 2.16 bits per heavy atom. The minimum Gasteiger partial charge on any atom is -0.392 e. The quantitative estimate of drug-likeness (QED) is 0.727. The predicted molar refractivity (Wildman–Crippen MR) is 105 cm³/mol. The summed E-state index contributed by atoms with van der Waals surface area (Å²) in [4.78, 5) is 19.5. The number of amides is 1. The second kappa shape index (κ2) is 10.3. The molecule has 0 aromatic carbocycles. The molecule has 3 fully saturated rings. The molecule has 4 atom stereocenters. The number of β-amino-alcohol motifs (C(OH)–C–C–N with tert-alkyl or cyclic N) is 1. The number of nitrogens with zero attached hydrogens (tertiary/aromatic N) is 3. The van der Waals surface area contributed by atoms with Gasteiger partial charge in [0.1, 0.15) is 0 Å². The van der Waals surface area contributed by atoms with Crippen LogP contribution >= 0.6 is 24.8 Å². The highest BCUT2D eigenvalue weighted by Crippen LogP contribution is 2.23. The molecule has 148 valence electrons. The number of aliphatic hydroxyl groups is 1. The van der Waals surface area contributed by atoms with Gasteiger partial charge in [-0.15, -0.1) is 24.8 Å². The topological polar surface area (TPSA) is 59.0 Å². The molecule has 2 N–H and O–H groups in total. The number of aliphatic hydroxyl groups excluding tert-OH is 1. The lowest BCUT2D eigenvalue weighted by Gasteiger charge is -2.37. The number of carbonyl (C=O) groups is 1. The fourth-order valence-corrected chi connectivity index (χ4v) is 4.26. The van der Waals surface area contributed by atoms with Crippen LogP contribution in [0.15, 0.2) is 0 Å². The molecule has 0 aromatic rings. The van der Waals surface area contributed by atoms with Crippen molar-refractivity contribution < 1.29 is 9.90 Å². The maximum atomic E-state index is 12.4. The molecule has 0 saturated carbocycles. The van der Waals surface area contributed by atoms with Crippen molar-refractivity contribution >= 4 is 30.7 Å². The number of nitrogens with one attached hydrogen (secondary N) is 1. The number of carbonyl (C=O) groups excluding carboxylic acids is 1. The molecule has 3 rings (SSSR count). The summed E-state index contributed by atoms with van der Waals surface area (Å²) in [5.74, 6) is 0.169. The summed E-state index contributed by atoms with van der Waals surface area (Å²) in [6.45, 7) is 11.0. The van der Waals surface area contributed by atoms with Crippen LogP contribution in [0.25, 0.3) is 0 Å². The first kappa shape index (κ1) is 22.9. The van der Waals surface area contributed by atoms with Crippen LogP contribution in [0.3, 0.4) is 0 Å². The van der Waals surface area contributed by atoms with Crippen molar-refractivity contribution in [2.24, 2.45) is 0 Å². The Morgan fingerprint density at radius 1 is 1.04 bits per heavy atom. The van der Waals surface area contributed by atoms with Gasteiger partial charge in [-0.2, -0.15) is 0 Å². The van der Waals surface area contributed by atoms with E-state index in [9.17, 15) is 9.90 Å². The summed E-state index contributed by atoms with van der Waals surface area (Å²) in [5.41, 5.74) is 0. The van der Waals surface area contributed by atoms with Crippen LogP contribution in [0, 0.1) is 0 Å². The maximum absolute atomic E-state index is 12.4. The van der Waals surface area contributed by atoms with Gasteiger partial charge in [0.2, 0.25) is 5.91 Å². The average Bonchev–Trinajstić information content (AvgIpc) is 3.12. The number of hydrogen-bond acceptors (Lipinski definition) is 5. The first-order valence-corrected chi connectivity index (χ1v) is 9.23. The van der Waals surface area contributed by atoms with E-state index in [2.05, 4.69) is 29.0 Å². The van der Waals surface area contributed by atoms with E-state index >= 15 is 0 Å². The summed E-state index contributed by atoms with van der Waals surface area (Å²) >= 11 is 0. The van der Waals surface area contributed by atoms with Crippen molar-refractivity contribution in [1.82, 2.24) is 20.0 Å². The minimum atomic E-state index is -0.366. The number of piperazine rings is 1. The number of halogens is 2. The lowest BCUT2D eigenvalue weighted by molar-refractivity contribution is -0.135. The first-order valence-electron chi connectivity index (χ1n) is 9.23. The van der Waals surface area contributed by atoms with Crippen LogP contribution < -0.4 is 5.32 Å². The monoisotopic (exact) mass is 396 g/mol. The second-order valence-electron chi connectivity index (χ2n) is 7.53. The summed E-state index contributed by atoms with van der Waals surface area (Å²) in [6, 6.07) is 1.25. The summed E-state index contributed by atoms with van der Waals surface area (Å²) < 4.78 is 0. The van der Waals surface area contributed by atoms with Crippen molar-refractivity contribution in [2.45, 2.75) is 57.3 Å². The van der Waals surface area contributed by atoms with Crippen molar-refractivity contribution in [3.05, 3.63) is 0 Å². The molecular formula is C17H34Cl2N4O2. The lowest BCUT2D eigenvalue weighted by atomic mass is 10.1. The van der Waals surface area contributed by atoms with E-state index in [1.807, 2.05) is 4.90 Å². The van der Waals surface area contributed by atoms with E-state index in [1.54, 1.807) is 0 Å². The van der Waals surface area contributed by atoms with Gasteiger partial charge in [-0.25, -0.2) is 0 Å². The highest BCUT2D eigenvalue weighted by molar-refractivity contribution is 5.85. The van der Waals surface area contributed by atoms with Crippen molar-refractivity contribution in [3.63, 3.8) is 0 Å². The Labute approximate surface area is 164 Å². The lowest BCUT2D eigenvalue weighted by Crippen LogP contribution is -2.54. The maximum Gasteiger partial charge on any atom is 0.239 e. The van der Waals surface area contributed by atoms with E-state index in [0.717, 1.165) is 39.3 Å². The SMILES string of the molecule is CC1CCC(C)N1CCN1CCN(C(=O)C2CC(O)CN2)CC1.Cl.Cl. The molecule has 0 radical (unpaired) electrons. The van der Waals surface area contributed by atoms with Crippen LogP contribution in [0.4, 0.5) is 0 Å². The Kier molecular flexibility index (Phi) is 9.43. The van der Waals surface area contributed by atoms with Gasteiger partial charge in [-0.1, -0.05) is 0 Å². The van der Waals surface area contributed by atoms with Crippen LogP contribution in [-0.2, 0) is 4.79 Å². The van der Waals surface area contributed by atoms with Crippen LogP contribution in [0.2, 0.25) is 0 Å². The van der Waals surface area contributed by atoms with Gasteiger partial charge in [0.25, 0.3) is 0 Å². The Balaban J connectivity index is 0.00000156. The summed E-state index contributed by atoms with van der Waals surface area (Å²) in [6.07, 6.45) is 2.84. The smallest absolute Gasteiger partial charge is 0.239 e. The molecule has 4 unspecified atom stereocenters. The standard InChI is InChI=1S/C17H32N4O2.2ClH/c1-13-3-4-14(2)21(13)10-7-19-5-8-20(9-6-19)17(23)16-11-15(22)12-18-16;;/h13-16,18,22H,3-12H2,1-2H3;2*1H. The molecule has 0 spiro atoms. The zero-order valence-electron chi connectivity index (χ0n) is 15.4. The minimum absolute atomic E-state index is 0. The normalized spacial score (nSPS) is 33.8. The van der Waals surface area contributed by atoms with Gasteiger partial charge < -0.3 is 15.3 Å². The van der Waals surface area contributed by atoms with Gasteiger partial charge >= 0.3 is 0 Å². The van der Waals surface area contributed by atoms with Crippen molar-refractivity contribution in [2.75, 3.05) is 45.8 Å². The zero-order chi connectivity index (χ0) is 16.4. The van der Waals surface area contributed by atoms with E-state index < -0.39 is 0 Å². The zero-order valence-corrected chi connectivity index (χ0v) is 17.0. The van der Waals surface area contributed by atoms with Crippen LogP contribution in [0.5, 0.6) is 0 Å². The fraction of sp³-hybridized carbons (Fsp3) is 0.941. The third-order valence-corrected chi connectivity index (χ3v) is 5.90. The van der Waals surface area contributed by atoms with Crippen LogP contribution in [-0.4, -0.2) is 95.8 Å². The fourth-order valence-electron chi connectivity index (χ4n) is 4.26. The van der Waals surface area contributed by atoms with Gasteiger partial charge in [0, 0.05) is 57.9 Å². The Bertz CT molecular complexity index is 411. The van der Waals surface area contributed by atoms with Crippen LogP contribution in [0.1, 0.15) is 33.1 Å². The Morgan fingerprint density at radius 2 is 1.64 bits per heavy atom. The molecule has 25 heavy (non-hydrogen) atoms. The van der Waals surface area contributed by atoms with E-state index in [-0.39, 0.29) is 42.9 Å². The van der Waals surface area contributed by atoms with Crippen molar-refractivity contribution in [1.29, 1.82) is 0 Å². The summed E-state index contributed by atoms with van der Waals surface area (Å²) in [5, 5.41) is 12.7.